The van der Waals surface area contributed by atoms with Gasteiger partial charge in [-0.05, 0) is 33.6 Å². The summed E-state index contributed by atoms with van der Waals surface area (Å²) in [4.78, 5) is 4.11. The number of hydrogen-bond acceptors (Lipinski definition) is 3. The van der Waals surface area contributed by atoms with E-state index < -0.39 is 14.6 Å². The maximum atomic E-state index is 12.0. The first kappa shape index (κ1) is 19.7. The first-order chi connectivity index (χ1) is 8.76. The molecule has 0 aromatic carbocycles. The SMILES string of the molecule is CN=C(NCCS(=O)(=O)C(C)(C)C)NC1CC=CC1.I. The zero-order chi connectivity index (χ0) is 14.5. The highest BCUT2D eigenvalue weighted by Gasteiger charge is 2.28. The van der Waals surface area contributed by atoms with Gasteiger partial charge >= 0.3 is 0 Å². The lowest BCUT2D eigenvalue weighted by Gasteiger charge is -2.20. The molecule has 7 heteroatoms. The van der Waals surface area contributed by atoms with Crippen LogP contribution in [-0.4, -0.2) is 44.5 Å². The van der Waals surface area contributed by atoms with E-state index in [0.717, 1.165) is 12.8 Å². The van der Waals surface area contributed by atoms with Crippen LogP contribution in [0.5, 0.6) is 0 Å². The summed E-state index contributed by atoms with van der Waals surface area (Å²) in [6.45, 7) is 5.54. The average Bonchev–Trinajstić information content (AvgIpc) is 2.78. The summed E-state index contributed by atoms with van der Waals surface area (Å²) in [7, 11) is -1.40. The molecular formula is C13H26IN3O2S. The summed E-state index contributed by atoms with van der Waals surface area (Å²) in [5.41, 5.74) is 0. The van der Waals surface area contributed by atoms with Gasteiger partial charge in [0, 0.05) is 19.6 Å². The van der Waals surface area contributed by atoms with Crippen LogP contribution in [0, 0.1) is 0 Å². The van der Waals surface area contributed by atoms with Crippen LogP contribution in [0.3, 0.4) is 0 Å². The van der Waals surface area contributed by atoms with E-state index >= 15 is 0 Å². The minimum atomic E-state index is -3.09. The quantitative estimate of drug-likeness (QED) is 0.318. The van der Waals surface area contributed by atoms with Crippen molar-refractivity contribution in [2.24, 2.45) is 4.99 Å². The molecule has 0 amide bonds. The molecule has 1 aliphatic carbocycles. The van der Waals surface area contributed by atoms with Crippen LogP contribution < -0.4 is 10.6 Å². The summed E-state index contributed by atoms with van der Waals surface area (Å²) >= 11 is 0. The van der Waals surface area contributed by atoms with Crippen LogP contribution in [0.1, 0.15) is 33.6 Å². The number of halogens is 1. The molecule has 0 saturated heterocycles. The topological polar surface area (TPSA) is 70.6 Å². The third kappa shape index (κ3) is 5.99. The summed E-state index contributed by atoms with van der Waals surface area (Å²) in [5.74, 6) is 0.776. The highest BCUT2D eigenvalue weighted by atomic mass is 127. The lowest BCUT2D eigenvalue weighted by molar-refractivity contribution is 0.558. The number of aliphatic imine (C=N–C) groups is 1. The van der Waals surface area contributed by atoms with Gasteiger partial charge in [-0.2, -0.15) is 0 Å². The van der Waals surface area contributed by atoms with Crippen LogP contribution in [0.25, 0.3) is 0 Å². The van der Waals surface area contributed by atoms with Gasteiger partial charge in [-0.3, -0.25) is 4.99 Å². The van der Waals surface area contributed by atoms with E-state index in [0.29, 0.717) is 18.5 Å². The van der Waals surface area contributed by atoms with E-state index in [9.17, 15) is 8.42 Å². The number of nitrogens with one attached hydrogen (secondary N) is 2. The fourth-order valence-electron chi connectivity index (χ4n) is 1.73. The van der Waals surface area contributed by atoms with E-state index in [1.165, 1.54) is 0 Å². The number of rotatable bonds is 4. The molecule has 1 rings (SSSR count). The van der Waals surface area contributed by atoms with Crippen molar-refractivity contribution in [3.63, 3.8) is 0 Å². The molecule has 118 valence electrons. The highest BCUT2D eigenvalue weighted by molar-refractivity contribution is 14.0. The van der Waals surface area contributed by atoms with Gasteiger partial charge in [0.1, 0.15) is 0 Å². The van der Waals surface area contributed by atoms with Crippen molar-refractivity contribution in [3.05, 3.63) is 12.2 Å². The van der Waals surface area contributed by atoms with E-state index in [2.05, 4.69) is 27.8 Å². The van der Waals surface area contributed by atoms with Gasteiger partial charge < -0.3 is 10.6 Å². The van der Waals surface area contributed by atoms with E-state index in [-0.39, 0.29) is 29.7 Å². The van der Waals surface area contributed by atoms with Crippen molar-refractivity contribution >= 4 is 39.8 Å². The highest BCUT2D eigenvalue weighted by Crippen LogP contribution is 2.15. The summed E-state index contributed by atoms with van der Waals surface area (Å²) < 4.78 is 23.2. The monoisotopic (exact) mass is 415 g/mol. The smallest absolute Gasteiger partial charge is 0.191 e. The van der Waals surface area contributed by atoms with Crippen molar-refractivity contribution in [1.82, 2.24) is 10.6 Å². The van der Waals surface area contributed by atoms with E-state index in [1.807, 2.05) is 0 Å². The largest absolute Gasteiger partial charge is 0.355 e. The molecule has 0 bridgehead atoms. The Hall–Kier alpha value is -0.310. The van der Waals surface area contributed by atoms with Gasteiger partial charge in [0.25, 0.3) is 0 Å². The Balaban J connectivity index is 0.00000361. The molecule has 0 saturated carbocycles. The predicted molar refractivity (Wildman–Crippen MR) is 95.6 cm³/mol. The van der Waals surface area contributed by atoms with E-state index in [4.69, 9.17) is 0 Å². The third-order valence-electron chi connectivity index (χ3n) is 3.17. The Labute approximate surface area is 139 Å². The maximum absolute atomic E-state index is 12.0. The minimum Gasteiger partial charge on any atom is -0.355 e. The Morgan fingerprint density at radius 3 is 2.30 bits per heavy atom. The third-order valence-corrected chi connectivity index (χ3v) is 5.78. The Bertz CT molecular complexity index is 445. The molecule has 20 heavy (non-hydrogen) atoms. The molecular weight excluding hydrogens is 389 g/mol. The molecule has 0 heterocycles. The normalized spacial score (nSPS) is 16.9. The van der Waals surface area contributed by atoms with Crippen molar-refractivity contribution in [1.29, 1.82) is 0 Å². The van der Waals surface area contributed by atoms with Gasteiger partial charge in [-0.1, -0.05) is 12.2 Å². The first-order valence-electron chi connectivity index (χ1n) is 6.61. The number of sulfone groups is 1. The number of hydrogen-bond donors (Lipinski definition) is 2. The van der Waals surface area contributed by atoms with Gasteiger partial charge in [-0.25, -0.2) is 8.42 Å². The number of nitrogens with zero attached hydrogens (tertiary/aromatic N) is 1. The van der Waals surface area contributed by atoms with Crippen molar-refractivity contribution in [2.45, 2.75) is 44.4 Å². The van der Waals surface area contributed by atoms with Crippen molar-refractivity contribution < 1.29 is 8.42 Å². The van der Waals surface area contributed by atoms with Gasteiger partial charge in [0.05, 0.1) is 10.5 Å². The Kier molecular flexibility index (Phi) is 8.08. The molecule has 2 N–H and O–H groups in total. The lowest BCUT2D eigenvalue weighted by atomic mass is 10.2. The molecule has 0 aromatic heterocycles. The molecule has 5 nitrogen and oxygen atoms in total. The summed E-state index contributed by atoms with van der Waals surface area (Å²) in [6, 6.07) is 0.366. The lowest BCUT2D eigenvalue weighted by Crippen LogP contribution is -2.45. The van der Waals surface area contributed by atoms with Crippen molar-refractivity contribution in [3.8, 4) is 0 Å². The Morgan fingerprint density at radius 2 is 1.85 bits per heavy atom. The fourth-order valence-corrected chi connectivity index (χ4v) is 2.72. The molecule has 0 aromatic rings. The van der Waals surface area contributed by atoms with Crippen LogP contribution >= 0.6 is 24.0 Å². The zero-order valence-corrected chi connectivity index (χ0v) is 15.8. The van der Waals surface area contributed by atoms with Crippen LogP contribution in [0.15, 0.2) is 17.1 Å². The first-order valence-corrected chi connectivity index (χ1v) is 8.26. The molecule has 0 spiro atoms. The van der Waals surface area contributed by atoms with Crippen LogP contribution in [0.4, 0.5) is 0 Å². The average molecular weight is 415 g/mol. The van der Waals surface area contributed by atoms with Crippen LogP contribution in [-0.2, 0) is 9.84 Å². The summed E-state index contributed by atoms with van der Waals surface area (Å²) in [5, 5.41) is 6.33. The molecule has 0 unspecified atom stereocenters. The Morgan fingerprint density at radius 1 is 1.30 bits per heavy atom. The van der Waals surface area contributed by atoms with Gasteiger partial charge in [0.2, 0.25) is 0 Å². The molecule has 0 radical (unpaired) electrons. The van der Waals surface area contributed by atoms with Gasteiger partial charge in [0.15, 0.2) is 15.8 Å². The van der Waals surface area contributed by atoms with Crippen LogP contribution in [0.2, 0.25) is 0 Å². The second-order valence-corrected chi connectivity index (χ2v) is 8.58. The zero-order valence-electron chi connectivity index (χ0n) is 12.6. The van der Waals surface area contributed by atoms with Gasteiger partial charge in [-0.15, -0.1) is 24.0 Å². The minimum absolute atomic E-state index is 0. The maximum Gasteiger partial charge on any atom is 0.191 e. The molecule has 1 aliphatic rings. The second-order valence-electron chi connectivity index (χ2n) is 5.71. The number of guanidine groups is 1. The van der Waals surface area contributed by atoms with Crippen molar-refractivity contribution in [2.75, 3.05) is 19.3 Å². The standard InChI is InChI=1S/C13H25N3O2S.HI/c1-13(2,3)19(17,18)10-9-15-12(14-4)16-11-7-5-6-8-11;/h5-6,11H,7-10H2,1-4H3,(H2,14,15,16);1H. The molecule has 0 fully saturated rings. The molecule has 0 atom stereocenters. The molecule has 0 aliphatic heterocycles. The van der Waals surface area contributed by atoms with E-state index in [1.54, 1.807) is 27.8 Å². The second kappa shape index (κ2) is 8.21. The predicted octanol–water partition coefficient (Wildman–Crippen LogP) is 1.70. The fraction of sp³-hybridized carbons (Fsp3) is 0.769. The summed E-state index contributed by atoms with van der Waals surface area (Å²) in [6.07, 6.45) is 6.24.